The molecular weight excluding hydrogens is 625 g/mol. The average Bonchev–Trinajstić information content (AvgIpc) is 3.69. The summed E-state index contributed by atoms with van der Waals surface area (Å²) in [5.41, 5.74) is 2.22. The summed E-state index contributed by atoms with van der Waals surface area (Å²) in [4.78, 5) is 23.7. The first kappa shape index (κ1) is 33.1. The van der Waals surface area contributed by atoms with Gasteiger partial charge in [-0.1, -0.05) is 17.7 Å². The molecule has 0 spiro atoms. The molecule has 1 amide bonds. The van der Waals surface area contributed by atoms with Gasteiger partial charge in [0.05, 0.1) is 18.3 Å². The van der Waals surface area contributed by atoms with Gasteiger partial charge in [0.2, 0.25) is 0 Å². The van der Waals surface area contributed by atoms with Gasteiger partial charge >= 0.3 is 22.4 Å². The molecule has 2 aromatic rings. The quantitative estimate of drug-likeness (QED) is 0.409. The van der Waals surface area contributed by atoms with E-state index in [0.29, 0.717) is 50.8 Å². The Hall–Kier alpha value is -2.85. The van der Waals surface area contributed by atoms with Crippen LogP contribution in [-0.2, 0) is 32.7 Å². The fourth-order valence-corrected chi connectivity index (χ4v) is 6.16. The van der Waals surface area contributed by atoms with Gasteiger partial charge in [0.1, 0.15) is 11.6 Å². The molecule has 2 saturated heterocycles. The minimum atomic E-state index is -5.08. The number of carboxylic acids is 1. The average molecular weight is 654 g/mol. The maximum atomic E-state index is 15.1. The van der Waals surface area contributed by atoms with E-state index < -0.39 is 34.1 Å². The number of alkyl halides is 3. The predicted molar refractivity (Wildman–Crippen MR) is 145 cm³/mol. The van der Waals surface area contributed by atoms with E-state index in [1.165, 1.54) is 24.3 Å². The van der Waals surface area contributed by atoms with Crippen molar-refractivity contribution >= 4 is 33.7 Å². The standard InChI is InChI=1S/C25H28ClF2N3O4S.C2HF3O2/c26-23-12-19(27)5-4-17(23)10-20-15-30(8-9-35-20)14-18-11-24(28)22(13-21(18)16-2-3-16)25(32)29-36(33,34)31-6-1-7-31;3-2(4,5)1(6)7/h4-5,11-13,16,20H,1-3,6-10,14-15H2,(H,29,32);(H,6,7). The highest BCUT2D eigenvalue weighted by atomic mass is 35.5. The second-order valence-corrected chi connectivity index (χ2v) is 12.5. The van der Waals surface area contributed by atoms with Crippen molar-refractivity contribution in [1.82, 2.24) is 13.9 Å². The van der Waals surface area contributed by atoms with Gasteiger partial charge < -0.3 is 9.84 Å². The van der Waals surface area contributed by atoms with Crippen molar-refractivity contribution in [3.8, 4) is 0 Å². The lowest BCUT2D eigenvalue weighted by atomic mass is 9.98. The largest absolute Gasteiger partial charge is 0.490 e. The van der Waals surface area contributed by atoms with Crippen LogP contribution in [0, 0.1) is 11.6 Å². The third-order valence-corrected chi connectivity index (χ3v) is 9.03. The van der Waals surface area contributed by atoms with Gasteiger partial charge in [0.15, 0.2) is 0 Å². The molecule has 16 heteroatoms. The highest BCUT2D eigenvalue weighted by Crippen LogP contribution is 2.43. The summed E-state index contributed by atoms with van der Waals surface area (Å²) in [6.45, 7) is 2.94. The summed E-state index contributed by atoms with van der Waals surface area (Å²) in [7, 11) is -3.96. The van der Waals surface area contributed by atoms with Crippen molar-refractivity contribution in [1.29, 1.82) is 0 Å². The molecule has 1 saturated carbocycles. The van der Waals surface area contributed by atoms with E-state index in [4.69, 9.17) is 26.2 Å². The lowest BCUT2D eigenvalue weighted by Gasteiger charge is -2.33. The van der Waals surface area contributed by atoms with Crippen molar-refractivity contribution in [2.45, 2.75) is 50.4 Å². The number of carboxylic acid groups (broad SMARTS) is 1. The van der Waals surface area contributed by atoms with Crippen LogP contribution in [-0.4, -0.2) is 79.7 Å². The zero-order valence-electron chi connectivity index (χ0n) is 22.7. The van der Waals surface area contributed by atoms with Crippen molar-refractivity contribution in [2.75, 3.05) is 32.8 Å². The van der Waals surface area contributed by atoms with Crippen LogP contribution in [0.15, 0.2) is 30.3 Å². The Morgan fingerprint density at radius 1 is 1.07 bits per heavy atom. The molecule has 2 N–H and O–H groups in total. The number of hydrogen-bond acceptors (Lipinski definition) is 6. The number of benzene rings is 2. The first-order valence-electron chi connectivity index (χ1n) is 13.4. The van der Waals surface area contributed by atoms with Crippen molar-refractivity contribution in [2.24, 2.45) is 0 Å². The van der Waals surface area contributed by atoms with Crippen LogP contribution in [0.5, 0.6) is 0 Å². The predicted octanol–water partition coefficient (Wildman–Crippen LogP) is 4.25. The smallest absolute Gasteiger partial charge is 0.475 e. The van der Waals surface area contributed by atoms with Gasteiger partial charge in [-0.05, 0) is 66.1 Å². The number of hydrogen-bond donors (Lipinski definition) is 2. The summed E-state index contributed by atoms with van der Waals surface area (Å²) < 4.78 is 93.8. The molecule has 1 unspecified atom stereocenters. The second-order valence-electron chi connectivity index (χ2n) is 10.5. The molecule has 0 radical (unpaired) electrons. The highest BCUT2D eigenvalue weighted by molar-refractivity contribution is 7.87. The van der Waals surface area contributed by atoms with Crippen molar-refractivity contribution in [3.63, 3.8) is 0 Å². The Balaban J connectivity index is 0.000000541. The molecule has 9 nitrogen and oxygen atoms in total. The SMILES string of the molecule is O=C(NS(=O)(=O)N1CCC1)c1cc(C2CC2)c(CN2CCOC(Cc3ccc(F)cc3Cl)C2)cc1F.O=C(O)C(F)(F)F. The number of carbonyl (C=O) groups excluding carboxylic acids is 1. The Morgan fingerprint density at radius 3 is 2.30 bits per heavy atom. The van der Waals surface area contributed by atoms with Crippen LogP contribution in [0.3, 0.4) is 0 Å². The number of nitrogens with zero attached hydrogens (tertiary/aromatic N) is 2. The summed E-state index contributed by atoms with van der Waals surface area (Å²) >= 11 is 6.18. The Bertz CT molecular complexity index is 1470. The molecule has 1 atom stereocenters. The monoisotopic (exact) mass is 653 g/mol. The molecule has 2 aromatic carbocycles. The van der Waals surface area contributed by atoms with Gasteiger partial charge in [0.25, 0.3) is 5.91 Å². The molecule has 3 fully saturated rings. The molecule has 3 aliphatic rings. The minimum absolute atomic E-state index is 0.146. The molecule has 5 rings (SSSR count). The van der Waals surface area contributed by atoms with Crippen molar-refractivity contribution < 1.29 is 49.8 Å². The number of nitrogens with one attached hydrogen (secondary N) is 1. The van der Waals surface area contributed by atoms with Crippen molar-refractivity contribution in [3.05, 3.63) is 69.2 Å². The number of amides is 1. The molecule has 43 heavy (non-hydrogen) atoms. The van der Waals surface area contributed by atoms with Gasteiger partial charge in [-0.25, -0.2) is 18.3 Å². The van der Waals surface area contributed by atoms with E-state index >= 15 is 4.39 Å². The number of carbonyl (C=O) groups is 2. The number of morpholine rings is 1. The lowest BCUT2D eigenvalue weighted by molar-refractivity contribution is -0.192. The maximum Gasteiger partial charge on any atom is 0.490 e. The van der Waals surface area contributed by atoms with E-state index in [1.807, 2.05) is 4.72 Å². The normalized spacial score (nSPS) is 19.6. The Morgan fingerprint density at radius 2 is 1.74 bits per heavy atom. The number of halogens is 6. The third kappa shape index (κ3) is 8.85. The molecule has 1 aliphatic carbocycles. The van der Waals surface area contributed by atoms with Crippen LogP contribution in [0.2, 0.25) is 5.02 Å². The topological polar surface area (TPSA) is 116 Å². The second kappa shape index (κ2) is 13.4. The summed E-state index contributed by atoms with van der Waals surface area (Å²) in [5.74, 6) is -4.61. The minimum Gasteiger partial charge on any atom is -0.475 e. The van der Waals surface area contributed by atoms with Crippen LogP contribution >= 0.6 is 11.6 Å². The van der Waals surface area contributed by atoms with Gasteiger partial charge in [-0.15, -0.1) is 0 Å². The van der Waals surface area contributed by atoms with E-state index in [2.05, 4.69) is 4.90 Å². The summed E-state index contributed by atoms with van der Waals surface area (Å²) in [6, 6.07) is 7.19. The summed E-state index contributed by atoms with van der Waals surface area (Å²) in [5, 5.41) is 7.49. The molecule has 2 aliphatic heterocycles. The molecule has 0 bridgehead atoms. The highest BCUT2D eigenvalue weighted by Gasteiger charge is 2.38. The van der Waals surface area contributed by atoms with Crippen LogP contribution < -0.4 is 4.72 Å². The maximum absolute atomic E-state index is 15.1. The number of rotatable bonds is 8. The number of ether oxygens (including phenoxy) is 1. The lowest BCUT2D eigenvalue weighted by Crippen LogP contribution is -2.49. The fraction of sp³-hybridized carbons (Fsp3) is 0.481. The summed E-state index contributed by atoms with van der Waals surface area (Å²) in [6.07, 6.45) is -2.07. The van der Waals surface area contributed by atoms with E-state index in [-0.39, 0.29) is 23.4 Å². The molecule has 2 heterocycles. The van der Waals surface area contributed by atoms with E-state index in [1.54, 1.807) is 6.07 Å². The van der Waals surface area contributed by atoms with Crippen LogP contribution in [0.4, 0.5) is 22.0 Å². The molecular formula is C27H29ClF5N3O6S. The van der Waals surface area contributed by atoms with E-state index in [0.717, 1.165) is 40.3 Å². The first-order chi connectivity index (χ1) is 20.1. The van der Waals surface area contributed by atoms with Gasteiger partial charge in [-0.2, -0.15) is 25.9 Å². The van der Waals surface area contributed by atoms with Crippen LogP contribution in [0.1, 0.15) is 52.2 Å². The van der Waals surface area contributed by atoms with Gasteiger partial charge in [-0.3, -0.25) is 9.69 Å². The van der Waals surface area contributed by atoms with Gasteiger partial charge in [0, 0.05) is 44.2 Å². The van der Waals surface area contributed by atoms with Crippen LogP contribution in [0.25, 0.3) is 0 Å². The first-order valence-corrected chi connectivity index (χ1v) is 15.2. The molecule has 236 valence electrons. The Labute approximate surface area is 249 Å². The fourth-order valence-electron chi connectivity index (χ4n) is 4.70. The Kier molecular flexibility index (Phi) is 10.3. The van der Waals surface area contributed by atoms with E-state index in [9.17, 15) is 30.8 Å². The third-order valence-electron chi connectivity index (χ3n) is 7.19. The zero-order valence-corrected chi connectivity index (χ0v) is 24.2. The zero-order chi connectivity index (χ0) is 31.5. The molecule has 0 aromatic heterocycles. The number of aliphatic carboxylic acids is 1.